The van der Waals surface area contributed by atoms with Gasteiger partial charge < -0.3 is 5.32 Å². The van der Waals surface area contributed by atoms with Gasteiger partial charge in [-0.05, 0) is 30.7 Å². The third kappa shape index (κ3) is 3.66. The fraction of sp³-hybridized carbons (Fsp3) is 0.0476. The molecule has 0 fully saturated rings. The van der Waals surface area contributed by atoms with Crippen molar-refractivity contribution < 1.29 is 4.92 Å². The van der Waals surface area contributed by atoms with Gasteiger partial charge in [0.2, 0.25) is 5.82 Å². The zero-order valence-electron chi connectivity index (χ0n) is 16.1. The van der Waals surface area contributed by atoms with E-state index >= 15 is 0 Å². The van der Waals surface area contributed by atoms with Gasteiger partial charge in [-0.2, -0.15) is 0 Å². The van der Waals surface area contributed by atoms with Crippen LogP contribution in [0.15, 0.2) is 71.0 Å². The highest BCUT2D eigenvalue weighted by Gasteiger charge is 2.25. The lowest BCUT2D eigenvalue weighted by Crippen LogP contribution is -2.02. The van der Waals surface area contributed by atoms with Crippen LogP contribution >= 0.6 is 23.1 Å². The summed E-state index contributed by atoms with van der Waals surface area (Å²) in [6.45, 7) is 1.98. The van der Waals surface area contributed by atoms with Crippen LogP contribution in [-0.2, 0) is 0 Å². The molecule has 2 aromatic carbocycles. The predicted molar refractivity (Wildman–Crippen MR) is 122 cm³/mol. The molecule has 0 unspecified atom stereocenters. The Kier molecular flexibility index (Phi) is 4.92. The number of pyridine rings is 1. The van der Waals surface area contributed by atoms with E-state index in [1.165, 1.54) is 29.4 Å². The summed E-state index contributed by atoms with van der Waals surface area (Å²) in [5, 5.41) is 16.7. The van der Waals surface area contributed by atoms with Gasteiger partial charge in [0.05, 0.1) is 20.7 Å². The number of hydrogen-bond acceptors (Lipinski definition) is 9. The van der Waals surface area contributed by atoms with E-state index in [-0.39, 0.29) is 16.5 Å². The molecule has 0 saturated carbocycles. The monoisotopic (exact) mass is 446 g/mol. The van der Waals surface area contributed by atoms with Crippen molar-refractivity contribution in [2.45, 2.75) is 16.8 Å². The second-order valence-electron chi connectivity index (χ2n) is 6.63. The van der Waals surface area contributed by atoms with E-state index in [4.69, 9.17) is 0 Å². The average molecular weight is 447 g/mol. The van der Waals surface area contributed by atoms with E-state index in [0.29, 0.717) is 5.13 Å². The number of fused-ring (bicyclic) bond motifs is 2. The standard InChI is InChI=1S/C21H14N6O2S2/c1-12-5-2-8-14-16(12)25-21(31-14)26-19-18(27(28)29)20(24-11-23-19)30-15-9-3-6-13-7-4-10-22-17(13)15/h2-11H,1H3,(H,23,24,25,26). The first-order valence-electron chi connectivity index (χ1n) is 9.24. The van der Waals surface area contributed by atoms with Crippen LogP contribution in [0.2, 0.25) is 0 Å². The van der Waals surface area contributed by atoms with Crippen molar-refractivity contribution in [2.24, 2.45) is 0 Å². The first kappa shape index (κ1) is 19.3. The molecular weight excluding hydrogens is 432 g/mol. The van der Waals surface area contributed by atoms with Crippen molar-refractivity contribution in [3.05, 3.63) is 76.7 Å². The molecule has 0 radical (unpaired) electrons. The van der Waals surface area contributed by atoms with E-state index in [0.717, 1.165) is 31.6 Å². The fourth-order valence-corrected chi connectivity index (χ4v) is 5.13. The zero-order valence-corrected chi connectivity index (χ0v) is 17.8. The lowest BCUT2D eigenvalue weighted by atomic mass is 10.2. The van der Waals surface area contributed by atoms with E-state index in [1.54, 1.807) is 6.20 Å². The van der Waals surface area contributed by atoms with Crippen LogP contribution in [0.5, 0.6) is 0 Å². The van der Waals surface area contributed by atoms with Crippen LogP contribution in [-0.4, -0.2) is 24.9 Å². The van der Waals surface area contributed by atoms with Crippen molar-refractivity contribution in [3.8, 4) is 0 Å². The molecule has 0 bridgehead atoms. The Morgan fingerprint density at radius 1 is 1.03 bits per heavy atom. The molecule has 5 aromatic rings. The first-order chi connectivity index (χ1) is 15.1. The summed E-state index contributed by atoms with van der Waals surface area (Å²) >= 11 is 2.61. The van der Waals surface area contributed by atoms with Gasteiger partial charge in [-0.1, -0.05) is 53.4 Å². The molecular formula is C21H14N6O2S2. The van der Waals surface area contributed by atoms with Gasteiger partial charge in [-0.15, -0.1) is 0 Å². The minimum atomic E-state index is -0.470. The van der Waals surface area contributed by atoms with Crippen LogP contribution in [0.25, 0.3) is 21.1 Å². The minimum absolute atomic E-state index is 0.104. The number of para-hydroxylation sites is 2. The number of hydrogen-bond donors (Lipinski definition) is 1. The molecule has 10 heteroatoms. The Balaban J connectivity index is 1.55. The predicted octanol–water partition coefficient (Wildman–Crippen LogP) is 5.75. The largest absolute Gasteiger partial charge is 0.344 e. The van der Waals surface area contributed by atoms with Crippen molar-refractivity contribution >= 4 is 60.9 Å². The molecule has 0 aliphatic carbocycles. The molecule has 0 amide bonds. The Morgan fingerprint density at radius 2 is 1.87 bits per heavy atom. The number of thiazole rings is 1. The minimum Gasteiger partial charge on any atom is -0.310 e. The second-order valence-corrected chi connectivity index (χ2v) is 8.69. The lowest BCUT2D eigenvalue weighted by Gasteiger charge is -2.08. The summed E-state index contributed by atoms with van der Waals surface area (Å²) in [5.74, 6) is 0.104. The number of aryl methyl sites for hydroxylation is 1. The quantitative estimate of drug-likeness (QED) is 0.207. The van der Waals surface area contributed by atoms with Gasteiger partial charge in [0.15, 0.2) is 10.2 Å². The molecule has 8 nitrogen and oxygen atoms in total. The van der Waals surface area contributed by atoms with Gasteiger partial charge in [-0.3, -0.25) is 15.1 Å². The van der Waals surface area contributed by atoms with Crippen molar-refractivity contribution in [1.82, 2.24) is 19.9 Å². The molecule has 0 saturated heterocycles. The smallest absolute Gasteiger partial charge is 0.310 e. The maximum atomic E-state index is 12.0. The number of aromatic nitrogens is 4. The fourth-order valence-electron chi connectivity index (χ4n) is 3.20. The molecule has 31 heavy (non-hydrogen) atoms. The van der Waals surface area contributed by atoms with Gasteiger partial charge in [0.25, 0.3) is 0 Å². The Hall–Kier alpha value is -3.63. The highest BCUT2D eigenvalue weighted by molar-refractivity contribution is 7.99. The van der Waals surface area contributed by atoms with Gasteiger partial charge in [-0.25, -0.2) is 15.0 Å². The number of rotatable bonds is 5. The lowest BCUT2D eigenvalue weighted by molar-refractivity contribution is -0.387. The summed E-state index contributed by atoms with van der Waals surface area (Å²) in [6, 6.07) is 15.4. The van der Waals surface area contributed by atoms with Gasteiger partial charge >= 0.3 is 5.69 Å². The number of nitrogens with one attached hydrogen (secondary N) is 1. The Labute approximate surface area is 184 Å². The number of nitro groups is 1. The topological polar surface area (TPSA) is 107 Å². The molecule has 0 atom stereocenters. The number of benzene rings is 2. The normalized spacial score (nSPS) is 11.1. The molecule has 3 aromatic heterocycles. The summed E-state index contributed by atoms with van der Waals surface area (Å²) in [6.07, 6.45) is 3.01. The van der Waals surface area contributed by atoms with E-state index in [9.17, 15) is 10.1 Å². The molecule has 1 N–H and O–H groups in total. The highest BCUT2D eigenvalue weighted by Crippen LogP contribution is 2.40. The van der Waals surface area contributed by atoms with E-state index in [1.807, 2.05) is 55.5 Å². The third-order valence-electron chi connectivity index (χ3n) is 4.62. The molecule has 3 heterocycles. The second kappa shape index (κ2) is 7.89. The number of anilines is 2. The van der Waals surface area contributed by atoms with E-state index < -0.39 is 4.92 Å². The number of nitrogens with zero attached hydrogens (tertiary/aromatic N) is 5. The van der Waals surface area contributed by atoms with Crippen LogP contribution < -0.4 is 5.32 Å². The molecule has 0 aliphatic rings. The Bertz CT molecular complexity index is 1450. The first-order valence-corrected chi connectivity index (χ1v) is 10.9. The van der Waals surface area contributed by atoms with Crippen molar-refractivity contribution in [2.75, 3.05) is 5.32 Å². The summed E-state index contributed by atoms with van der Waals surface area (Å²) in [4.78, 5) is 29.6. The summed E-state index contributed by atoms with van der Waals surface area (Å²) < 4.78 is 0.996. The maximum absolute atomic E-state index is 12.0. The van der Waals surface area contributed by atoms with Crippen LogP contribution in [0, 0.1) is 17.0 Å². The van der Waals surface area contributed by atoms with Crippen molar-refractivity contribution in [1.29, 1.82) is 0 Å². The van der Waals surface area contributed by atoms with Gasteiger partial charge in [0, 0.05) is 16.5 Å². The summed E-state index contributed by atoms with van der Waals surface area (Å²) in [5.41, 5.74) is 2.47. The zero-order chi connectivity index (χ0) is 21.4. The van der Waals surface area contributed by atoms with E-state index in [2.05, 4.69) is 25.3 Å². The molecule has 0 aliphatic heterocycles. The maximum Gasteiger partial charge on any atom is 0.344 e. The van der Waals surface area contributed by atoms with Crippen LogP contribution in [0.4, 0.5) is 16.6 Å². The summed E-state index contributed by atoms with van der Waals surface area (Å²) in [7, 11) is 0. The SMILES string of the molecule is Cc1cccc2sc(Nc3ncnc(Sc4cccc5cccnc45)c3[N+](=O)[O-])nc12. The molecule has 5 rings (SSSR count). The Morgan fingerprint density at radius 3 is 2.71 bits per heavy atom. The molecule has 0 spiro atoms. The molecule has 152 valence electrons. The average Bonchev–Trinajstić information content (AvgIpc) is 3.18. The van der Waals surface area contributed by atoms with Crippen molar-refractivity contribution in [3.63, 3.8) is 0 Å². The van der Waals surface area contributed by atoms with Crippen LogP contribution in [0.3, 0.4) is 0 Å². The highest BCUT2D eigenvalue weighted by atomic mass is 32.2. The van der Waals surface area contributed by atoms with Gasteiger partial charge in [0.1, 0.15) is 6.33 Å². The third-order valence-corrected chi connectivity index (χ3v) is 6.60. The van der Waals surface area contributed by atoms with Crippen LogP contribution in [0.1, 0.15) is 5.56 Å².